The molecule has 0 fully saturated rings. The molecule has 0 radical (unpaired) electrons. The fourth-order valence-corrected chi connectivity index (χ4v) is 3.15. The van der Waals surface area contributed by atoms with Crippen molar-refractivity contribution in [3.63, 3.8) is 0 Å². The molecule has 0 aliphatic carbocycles. The minimum atomic E-state index is -3.58. The number of anilines is 1. The minimum absolute atomic E-state index is 0.177. The molecule has 0 atom stereocenters. The Balaban J connectivity index is 2.21. The average Bonchev–Trinajstić information content (AvgIpc) is 2.64. The SMILES string of the molecule is Cc1cc(N)cc(S(=O)(=O)NCc2cn(C)nc2C)c1. The molecule has 1 aromatic heterocycles. The first-order chi connectivity index (χ1) is 9.28. The Kier molecular flexibility index (Phi) is 3.82. The van der Waals surface area contributed by atoms with Gasteiger partial charge in [-0.05, 0) is 37.6 Å². The van der Waals surface area contributed by atoms with Crippen molar-refractivity contribution in [2.75, 3.05) is 5.73 Å². The Morgan fingerprint density at radius 3 is 2.55 bits per heavy atom. The number of sulfonamides is 1. The lowest BCUT2D eigenvalue weighted by molar-refractivity contribution is 0.581. The van der Waals surface area contributed by atoms with E-state index in [-0.39, 0.29) is 11.4 Å². The van der Waals surface area contributed by atoms with Crippen molar-refractivity contribution < 1.29 is 8.42 Å². The van der Waals surface area contributed by atoms with E-state index in [9.17, 15) is 8.42 Å². The van der Waals surface area contributed by atoms with E-state index in [4.69, 9.17) is 5.73 Å². The van der Waals surface area contributed by atoms with Gasteiger partial charge in [-0.25, -0.2) is 13.1 Å². The van der Waals surface area contributed by atoms with E-state index in [1.165, 1.54) is 6.07 Å². The van der Waals surface area contributed by atoms with Crippen molar-refractivity contribution in [2.24, 2.45) is 7.05 Å². The molecule has 0 unspecified atom stereocenters. The number of rotatable bonds is 4. The summed E-state index contributed by atoms with van der Waals surface area (Å²) < 4.78 is 28.7. The van der Waals surface area contributed by atoms with Crippen LogP contribution in [0.25, 0.3) is 0 Å². The monoisotopic (exact) mass is 294 g/mol. The van der Waals surface area contributed by atoms with Crippen LogP contribution in [0.15, 0.2) is 29.3 Å². The smallest absolute Gasteiger partial charge is 0.240 e. The molecule has 108 valence electrons. The lowest BCUT2D eigenvalue weighted by Gasteiger charge is -2.08. The first kappa shape index (κ1) is 14.5. The van der Waals surface area contributed by atoms with E-state index < -0.39 is 10.0 Å². The highest BCUT2D eigenvalue weighted by molar-refractivity contribution is 7.89. The normalized spacial score (nSPS) is 11.8. The van der Waals surface area contributed by atoms with Gasteiger partial charge in [-0.1, -0.05) is 0 Å². The van der Waals surface area contributed by atoms with Crippen LogP contribution < -0.4 is 10.5 Å². The molecule has 6 nitrogen and oxygen atoms in total. The van der Waals surface area contributed by atoms with Gasteiger partial charge < -0.3 is 5.73 Å². The maximum Gasteiger partial charge on any atom is 0.240 e. The number of hydrogen-bond acceptors (Lipinski definition) is 4. The second-order valence-corrected chi connectivity index (χ2v) is 6.58. The zero-order chi connectivity index (χ0) is 14.9. The summed E-state index contributed by atoms with van der Waals surface area (Å²) in [6.07, 6.45) is 1.79. The molecule has 1 aromatic carbocycles. The summed E-state index contributed by atoms with van der Waals surface area (Å²) in [6.45, 7) is 3.85. The van der Waals surface area contributed by atoms with E-state index in [0.717, 1.165) is 16.8 Å². The number of hydrogen-bond donors (Lipinski definition) is 2. The molecule has 0 bridgehead atoms. The Hall–Kier alpha value is -1.86. The standard InChI is InChI=1S/C13H18N4O2S/c1-9-4-12(14)6-13(5-9)20(18,19)15-7-11-8-17(3)16-10(11)2/h4-6,8,15H,7,14H2,1-3H3. The number of nitrogens with one attached hydrogen (secondary N) is 1. The highest BCUT2D eigenvalue weighted by atomic mass is 32.2. The molecule has 20 heavy (non-hydrogen) atoms. The second kappa shape index (κ2) is 5.26. The lowest BCUT2D eigenvalue weighted by atomic mass is 10.2. The van der Waals surface area contributed by atoms with Crippen LogP contribution in [0.2, 0.25) is 0 Å². The van der Waals surface area contributed by atoms with Crippen LogP contribution in [0, 0.1) is 13.8 Å². The number of nitrogen functional groups attached to an aromatic ring is 1. The highest BCUT2D eigenvalue weighted by Crippen LogP contribution is 2.16. The quantitative estimate of drug-likeness (QED) is 0.826. The largest absolute Gasteiger partial charge is 0.399 e. The molecule has 0 saturated carbocycles. The number of aryl methyl sites for hydroxylation is 3. The lowest BCUT2D eigenvalue weighted by Crippen LogP contribution is -2.23. The second-order valence-electron chi connectivity index (χ2n) is 4.82. The molecule has 0 saturated heterocycles. The molecule has 7 heteroatoms. The third-order valence-electron chi connectivity index (χ3n) is 2.95. The van der Waals surface area contributed by atoms with Gasteiger partial charge in [0.25, 0.3) is 0 Å². The number of nitrogens with zero attached hydrogens (tertiary/aromatic N) is 2. The summed E-state index contributed by atoms with van der Waals surface area (Å²) in [4.78, 5) is 0.177. The van der Waals surface area contributed by atoms with Crippen LogP contribution in [-0.4, -0.2) is 18.2 Å². The topological polar surface area (TPSA) is 90.0 Å². The van der Waals surface area contributed by atoms with Gasteiger partial charge in [0, 0.05) is 31.0 Å². The Morgan fingerprint density at radius 1 is 1.30 bits per heavy atom. The third kappa shape index (κ3) is 3.17. The third-order valence-corrected chi connectivity index (χ3v) is 4.33. The summed E-state index contributed by atoms with van der Waals surface area (Å²) in [5.41, 5.74) is 8.58. The molecular weight excluding hydrogens is 276 g/mol. The summed E-state index contributed by atoms with van der Waals surface area (Å²) >= 11 is 0. The zero-order valence-electron chi connectivity index (χ0n) is 11.7. The van der Waals surface area contributed by atoms with Crippen LogP contribution in [-0.2, 0) is 23.6 Å². The van der Waals surface area contributed by atoms with Crippen molar-refractivity contribution in [1.82, 2.24) is 14.5 Å². The fraction of sp³-hybridized carbons (Fsp3) is 0.308. The molecular formula is C13H18N4O2S. The summed E-state index contributed by atoms with van der Waals surface area (Å²) in [5.74, 6) is 0. The number of aromatic nitrogens is 2. The van der Waals surface area contributed by atoms with Crippen molar-refractivity contribution in [3.8, 4) is 0 Å². The summed E-state index contributed by atoms with van der Waals surface area (Å²) in [7, 11) is -1.78. The molecule has 2 aromatic rings. The minimum Gasteiger partial charge on any atom is -0.399 e. The van der Waals surface area contributed by atoms with E-state index in [1.807, 2.05) is 6.92 Å². The first-order valence-electron chi connectivity index (χ1n) is 6.14. The van der Waals surface area contributed by atoms with Gasteiger partial charge in [-0.2, -0.15) is 5.10 Å². The Labute approximate surface area is 118 Å². The Bertz CT molecular complexity index is 715. The predicted molar refractivity (Wildman–Crippen MR) is 77.6 cm³/mol. The average molecular weight is 294 g/mol. The first-order valence-corrected chi connectivity index (χ1v) is 7.62. The maximum absolute atomic E-state index is 12.2. The molecule has 0 aliphatic rings. The van der Waals surface area contributed by atoms with Crippen LogP contribution in [0.4, 0.5) is 5.69 Å². The van der Waals surface area contributed by atoms with Crippen molar-refractivity contribution in [1.29, 1.82) is 0 Å². The van der Waals surface area contributed by atoms with Gasteiger partial charge in [0.1, 0.15) is 0 Å². The molecule has 1 heterocycles. The Morgan fingerprint density at radius 2 is 2.00 bits per heavy atom. The van der Waals surface area contributed by atoms with Gasteiger partial charge in [-0.3, -0.25) is 4.68 Å². The van der Waals surface area contributed by atoms with Crippen molar-refractivity contribution >= 4 is 15.7 Å². The van der Waals surface area contributed by atoms with E-state index in [2.05, 4.69) is 9.82 Å². The van der Waals surface area contributed by atoms with E-state index >= 15 is 0 Å². The van der Waals surface area contributed by atoms with Gasteiger partial charge >= 0.3 is 0 Å². The predicted octanol–water partition coefficient (Wildman–Crippen LogP) is 1.10. The number of nitrogens with two attached hydrogens (primary N) is 1. The molecule has 3 N–H and O–H groups in total. The van der Waals surface area contributed by atoms with Crippen LogP contribution in [0.3, 0.4) is 0 Å². The molecule has 0 amide bonds. The van der Waals surface area contributed by atoms with Gasteiger partial charge in [-0.15, -0.1) is 0 Å². The van der Waals surface area contributed by atoms with Crippen molar-refractivity contribution in [2.45, 2.75) is 25.3 Å². The summed E-state index contributed by atoms with van der Waals surface area (Å²) in [5, 5.41) is 4.17. The molecule has 2 rings (SSSR count). The van der Waals surface area contributed by atoms with Gasteiger partial charge in [0.2, 0.25) is 10.0 Å². The fourth-order valence-electron chi connectivity index (χ4n) is 2.01. The zero-order valence-corrected chi connectivity index (χ0v) is 12.5. The number of benzene rings is 1. The van der Waals surface area contributed by atoms with Gasteiger partial charge in [0.15, 0.2) is 0 Å². The highest BCUT2D eigenvalue weighted by Gasteiger charge is 2.15. The van der Waals surface area contributed by atoms with E-state index in [1.54, 1.807) is 37.0 Å². The van der Waals surface area contributed by atoms with Crippen LogP contribution in [0.1, 0.15) is 16.8 Å². The van der Waals surface area contributed by atoms with Gasteiger partial charge in [0.05, 0.1) is 10.6 Å². The van der Waals surface area contributed by atoms with Crippen LogP contribution in [0.5, 0.6) is 0 Å². The maximum atomic E-state index is 12.2. The summed E-state index contributed by atoms with van der Waals surface area (Å²) in [6, 6.07) is 4.77. The molecule has 0 spiro atoms. The van der Waals surface area contributed by atoms with E-state index in [0.29, 0.717) is 5.69 Å². The van der Waals surface area contributed by atoms with Crippen molar-refractivity contribution in [3.05, 3.63) is 41.2 Å². The molecule has 0 aliphatic heterocycles. The van der Waals surface area contributed by atoms with Crippen LogP contribution >= 0.6 is 0 Å².